The summed E-state index contributed by atoms with van der Waals surface area (Å²) in [4.78, 5) is 0. The first-order valence-electron chi connectivity index (χ1n) is 6.10. The normalized spacial score (nSPS) is 20.1. The Labute approximate surface area is 97.0 Å². The molecule has 0 aromatic carbocycles. The van der Waals surface area contributed by atoms with E-state index in [1.54, 1.807) is 18.5 Å². The molecule has 1 rings (SSSR count). The van der Waals surface area contributed by atoms with E-state index < -0.39 is 7.26 Å². The Hall–Kier alpha value is 0.720. The lowest BCUT2D eigenvalue weighted by Crippen LogP contribution is -3.00. The second-order valence-corrected chi connectivity index (χ2v) is 9.49. The number of hydrogen-bond donors (Lipinski definition) is 0. The molecule has 86 valence electrons. The van der Waals surface area contributed by atoms with Crippen LogP contribution in [-0.4, -0.2) is 25.2 Å². The van der Waals surface area contributed by atoms with E-state index in [2.05, 4.69) is 13.6 Å². The van der Waals surface area contributed by atoms with Crippen molar-refractivity contribution in [2.45, 2.75) is 51.9 Å². The molecule has 1 saturated heterocycles. The molecule has 2 heteroatoms. The van der Waals surface area contributed by atoms with Crippen LogP contribution in [0, 0.1) is 0 Å². The lowest BCUT2D eigenvalue weighted by atomic mass is 10.2. The van der Waals surface area contributed by atoms with Crippen molar-refractivity contribution < 1.29 is 12.4 Å². The standard InChI is InChI=1S/C12H26P.ClH/c1-3-4-5-7-10-13(2)11-8-6-9-12-13;/h3-12H2,1-2H3;1H/q+1;/p-1. The molecule has 1 heterocycles. The highest BCUT2D eigenvalue weighted by atomic mass is 35.5. The minimum atomic E-state index is -0.404. The van der Waals surface area contributed by atoms with Gasteiger partial charge < -0.3 is 12.4 Å². The van der Waals surface area contributed by atoms with Gasteiger partial charge in [-0.1, -0.05) is 19.8 Å². The Morgan fingerprint density at radius 3 is 2.14 bits per heavy atom. The van der Waals surface area contributed by atoms with Crippen molar-refractivity contribution in [1.82, 2.24) is 0 Å². The molecule has 1 aliphatic rings. The van der Waals surface area contributed by atoms with Gasteiger partial charge in [0.15, 0.2) is 0 Å². The van der Waals surface area contributed by atoms with Crippen molar-refractivity contribution in [2.75, 3.05) is 25.2 Å². The molecule has 0 unspecified atom stereocenters. The molecule has 0 nitrogen and oxygen atoms in total. The van der Waals surface area contributed by atoms with E-state index >= 15 is 0 Å². The fourth-order valence-electron chi connectivity index (χ4n) is 2.42. The van der Waals surface area contributed by atoms with E-state index in [1.807, 2.05) is 0 Å². The molecule has 0 bridgehead atoms. The molecule has 0 saturated carbocycles. The third-order valence-corrected chi connectivity index (χ3v) is 7.64. The minimum absolute atomic E-state index is 0. The van der Waals surface area contributed by atoms with E-state index in [-0.39, 0.29) is 12.4 Å². The predicted octanol–water partition coefficient (Wildman–Crippen LogP) is 1.40. The van der Waals surface area contributed by atoms with Crippen LogP contribution >= 0.6 is 7.26 Å². The molecule has 0 aliphatic carbocycles. The van der Waals surface area contributed by atoms with Crippen LogP contribution in [0.4, 0.5) is 0 Å². The van der Waals surface area contributed by atoms with Crippen LogP contribution in [0.5, 0.6) is 0 Å². The Kier molecular flexibility index (Phi) is 8.35. The topological polar surface area (TPSA) is 0 Å². The molecule has 0 radical (unpaired) electrons. The summed E-state index contributed by atoms with van der Waals surface area (Å²) in [5.74, 6) is 0. The quantitative estimate of drug-likeness (QED) is 0.500. The molecule has 14 heavy (non-hydrogen) atoms. The molecule has 1 aliphatic heterocycles. The van der Waals surface area contributed by atoms with Crippen LogP contribution in [0.1, 0.15) is 51.9 Å². The zero-order chi connectivity index (χ0) is 9.57. The minimum Gasteiger partial charge on any atom is -1.00 e. The Morgan fingerprint density at radius 1 is 0.929 bits per heavy atom. The molecule has 1 fully saturated rings. The van der Waals surface area contributed by atoms with Crippen LogP contribution in [-0.2, 0) is 0 Å². The first kappa shape index (κ1) is 14.7. The molecule has 0 aromatic heterocycles. The molecule has 0 aromatic rings. The van der Waals surface area contributed by atoms with Gasteiger partial charge in [0.1, 0.15) is 0 Å². The van der Waals surface area contributed by atoms with Crippen LogP contribution in [0.2, 0.25) is 0 Å². The summed E-state index contributed by atoms with van der Waals surface area (Å²) in [5.41, 5.74) is 0. The second kappa shape index (κ2) is 7.94. The van der Waals surface area contributed by atoms with E-state index in [9.17, 15) is 0 Å². The maximum atomic E-state index is 2.62. The lowest BCUT2D eigenvalue weighted by molar-refractivity contribution is -0.00000303. The highest BCUT2D eigenvalue weighted by molar-refractivity contribution is 7.75. The summed E-state index contributed by atoms with van der Waals surface area (Å²) >= 11 is 0. The molecule has 0 N–H and O–H groups in total. The summed E-state index contributed by atoms with van der Waals surface area (Å²) in [6, 6.07) is 0. The van der Waals surface area contributed by atoms with E-state index in [0.29, 0.717) is 0 Å². The van der Waals surface area contributed by atoms with Crippen molar-refractivity contribution in [3.63, 3.8) is 0 Å². The predicted molar refractivity (Wildman–Crippen MR) is 65.4 cm³/mol. The maximum absolute atomic E-state index is 2.62. The van der Waals surface area contributed by atoms with Crippen molar-refractivity contribution in [3.05, 3.63) is 0 Å². The second-order valence-electron chi connectivity index (χ2n) is 4.91. The first-order chi connectivity index (χ1) is 6.27. The lowest BCUT2D eigenvalue weighted by Gasteiger charge is -2.27. The average Bonchev–Trinajstić information content (AvgIpc) is 2.14. The summed E-state index contributed by atoms with van der Waals surface area (Å²) in [6.45, 7) is 4.93. The van der Waals surface area contributed by atoms with Gasteiger partial charge in [-0.05, 0) is 32.1 Å². The van der Waals surface area contributed by atoms with Crippen LogP contribution in [0.15, 0.2) is 0 Å². The Balaban J connectivity index is 0.00000169. The highest BCUT2D eigenvalue weighted by Gasteiger charge is 2.32. The van der Waals surface area contributed by atoms with Crippen molar-refractivity contribution in [2.24, 2.45) is 0 Å². The smallest absolute Gasteiger partial charge is 0.0591 e. The summed E-state index contributed by atoms with van der Waals surface area (Å²) < 4.78 is 0. The van der Waals surface area contributed by atoms with Crippen molar-refractivity contribution in [3.8, 4) is 0 Å². The summed E-state index contributed by atoms with van der Waals surface area (Å²) in [5, 5.41) is 0. The largest absolute Gasteiger partial charge is 1.00 e. The SMILES string of the molecule is CCCCCC[P+]1(C)CCCCC1.[Cl-]. The third-order valence-electron chi connectivity index (χ3n) is 3.45. The monoisotopic (exact) mass is 236 g/mol. The van der Waals surface area contributed by atoms with Gasteiger partial charge in [0.25, 0.3) is 0 Å². The summed E-state index contributed by atoms with van der Waals surface area (Å²) in [7, 11) is -0.404. The fraction of sp³-hybridized carbons (Fsp3) is 1.00. The van der Waals surface area contributed by atoms with Gasteiger partial charge in [0, 0.05) is 13.9 Å². The number of hydrogen-bond acceptors (Lipinski definition) is 0. The number of halogens is 1. The van der Waals surface area contributed by atoms with Crippen LogP contribution < -0.4 is 12.4 Å². The van der Waals surface area contributed by atoms with Crippen molar-refractivity contribution >= 4 is 7.26 Å². The van der Waals surface area contributed by atoms with E-state index in [0.717, 1.165) is 0 Å². The first-order valence-corrected chi connectivity index (χ1v) is 8.89. The molecule has 0 spiro atoms. The average molecular weight is 237 g/mol. The number of unbranched alkanes of at least 4 members (excludes halogenated alkanes) is 3. The Bertz CT molecular complexity index is 130. The molecule has 0 atom stereocenters. The van der Waals surface area contributed by atoms with E-state index in [4.69, 9.17) is 0 Å². The zero-order valence-corrected chi connectivity index (χ0v) is 11.5. The molecular weight excluding hydrogens is 211 g/mol. The van der Waals surface area contributed by atoms with Gasteiger partial charge in [0.2, 0.25) is 0 Å². The van der Waals surface area contributed by atoms with Gasteiger partial charge in [-0.15, -0.1) is 0 Å². The van der Waals surface area contributed by atoms with E-state index in [1.165, 1.54) is 44.9 Å². The van der Waals surface area contributed by atoms with Gasteiger partial charge in [-0.2, -0.15) is 0 Å². The van der Waals surface area contributed by atoms with Gasteiger partial charge in [-0.3, -0.25) is 0 Å². The third kappa shape index (κ3) is 5.56. The maximum Gasteiger partial charge on any atom is 0.0591 e. The van der Waals surface area contributed by atoms with Gasteiger partial charge >= 0.3 is 0 Å². The highest BCUT2D eigenvalue weighted by Crippen LogP contribution is 2.59. The molecule has 0 amide bonds. The Morgan fingerprint density at radius 2 is 1.57 bits per heavy atom. The number of rotatable bonds is 5. The zero-order valence-electron chi connectivity index (χ0n) is 9.90. The van der Waals surface area contributed by atoms with Crippen LogP contribution in [0.3, 0.4) is 0 Å². The van der Waals surface area contributed by atoms with Gasteiger partial charge in [-0.25, -0.2) is 0 Å². The van der Waals surface area contributed by atoms with Crippen LogP contribution in [0.25, 0.3) is 0 Å². The fourth-order valence-corrected chi connectivity index (χ4v) is 6.05. The molecular formula is C12H26ClP. The summed E-state index contributed by atoms with van der Waals surface area (Å²) in [6.07, 6.45) is 15.3. The van der Waals surface area contributed by atoms with Crippen molar-refractivity contribution in [1.29, 1.82) is 0 Å². The van der Waals surface area contributed by atoms with Gasteiger partial charge in [0.05, 0.1) is 18.5 Å².